The van der Waals surface area contributed by atoms with Gasteiger partial charge in [-0.25, -0.2) is 0 Å². The third-order valence-electron chi connectivity index (χ3n) is 5.04. The molecule has 0 radical (unpaired) electrons. The SMILES string of the molecule is CCC1CC(=O)C(N2Cc3c(C)cccc3C2=O)CCC1=O. The van der Waals surface area contributed by atoms with Crippen molar-refractivity contribution in [1.82, 2.24) is 4.90 Å². The summed E-state index contributed by atoms with van der Waals surface area (Å²) in [4.78, 5) is 38.9. The summed E-state index contributed by atoms with van der Waals surface area (Å²) in [6.07, 6.45) is 1.84. The lowest BCUT2D eigenvalue weighted by Gasteiger charge is -2.25. The molecule has 0 spiro atoms. The summed E-state index contributed by atoms with van der Waals surface area (Å²) < 4.78 is 0. The van der Waals surface area contributed by atoms with Gasteiger partial charge in [0.1, 0.15) is 5.78 Å². The van der Waals surface area contributed by atoms with Gasteiger partial charge in [0.25, 0.3) is 5.91 Å². The average Bonchev–Trinajstić information content (AvgIpc) is 2.76. The first-order chi connectivity index (χ1) is 10.5. The fraction of sp³-hybridized carbons (Fsp3) is 0.500. The van der Waals surface area contributed by atoms with Crippen molar-refractivity contribution in [3.63, 3.8) is 0 Å². The Labute approximate surface area is 130 Å². The van der Waals surface area contributed by atoms with Crippen molar-refractivity contribution in [3.05, 3.63) is 34.9 Å². The van der Waals surface area contributed by atoms with Gasteiger partial charge >= 0.3 is 0 Å². The number of rotatable bonds is 2. The maximum Gasteiger partial charge on any atom is 0.255 e. The van der Waals surface area contributed by atoms with Gasteiger partial charge in [0.15, 0.2) is 5.78 Å². The maximum absolute atomic E-state index is 12.6. The van der Waals surface area contributed by atoms with E-state index in [2.05, 4.69) is 0 Å². The lowest BCUT2D eigenvalue weighted by molar-refractivity contribution is -0.127. The van der Waals surface area contributed by atoms with E-state index in [0.717, 1.165) is 11.1 Å². The topological polar surface area (TPSA) is 54.5 Å². The van der Waals surface area contributed by atoms with Crippen LogP contribution >= 0.6 is 0 Å². The number of hydrogen-bond donors (Lipinski definition) is 0. The maximum atomic E-state index is 12.6. The van der Waals surface area contributed by atoms with Crippen molar-refractivity contribution >= 4 is 17.5 Å². The first-order valence-corrected chi connectivity index (χ1v) is 7.97. The predicted octanol–water partition coefficient (Wildman–Crippen LogP) is 2.67. The third kappa shape index (κ3) is 2.36. The first-order valence-electron chi connectivity index (χ1n) is 7.97. The number of nitrogens with zero attached hydrogens (tertiary/aromatic N) is 1. The van der Waals surface area contributed by atoms with Crippen molar-refractivity contribution in [2.45, 2.75) is 52.1 Å². The molecule has 0 saturated heterocycles. The van der Waals surface area contributed by atoms with Crippen molar-refractivity contribution < 1.29 is 14.4 Å². The Hall–Kier alpha value is -1.97. The average molecular weight is 299 g/mol. The summed E-state index contributed by atoms with van der Waals surface area (Å²) in [5.41, 5.74) is 2.80. The van der Waals surface area contributed by atoms with E-state index in [1.54, 1.807) is 4.90 Å². The zero-order valence-electron chi connectivity index (χ0n) is 13.1. The van der Waals surface area contributed by atoms with E-state index in [1.165, 1.54) is 0 Å². The Morgan fingerprint density at radius 2 is 1.95 bits per heavy atom. The second kappa shape index (κ2) is 5.67. The fourth-order valence-electron chi connectivity index (χ4n) is 3.60. The molecular formula is C18H21NO3. The molecule has 2 unspecified atom stereocenters. The predicted molar refractivity (Wildman–Crippen MR) is 82.5 cm³/mol. The summed E-state index contributed by atoms with van der Waals surface area (Å²) >= 11 is 0. The van der Waals surface area contributed by atoms with Crippen LogP contribution in [-0.2, 0) is 16.1 Å². The van der Waals surface area contributed by atoms with Crippen molar-refractivity contribution in [3.8, 4) is 0 Å². The Kier molecular flexibility index (Phi) is 3.85. The van der Waals surface area contributed by atoms with E-state index in [1.807, 2.05) is 32.0 Å². The van der Waals surface area contributed by atoms with Crippen LogP contribution in [0, 0.1) is 12.8 Å². The molecule has 3 rings (SSSR count). The number of ketones is 2. The lowest BCUT2D eigenvalue weighted by Crippen LogP contribution is -2.41. The van der Waals surface area contributed by atoms with E-state index in [9.17, 15) is 14.4 Å². The van der Waals surface area contributed by atoms with E-state index in [-0.39, 0.29) is 29.8 Å². The minimum Gasteiger partial charge on any atom is -0.324 e. The van der Waals surface area contributed by atoms with Crippen LogP contribution < -0.4 is 0 Å². The molecule has 1 aromatic rings. The van der Waals surface area contributed by atoms with Gasteiger partial charge in [-0.05, 0) is 37.0 Å². The number of fused-ring (bicyclic) bond motifs is 1. The summed E-state index contributed by atoms with van der Waals surface area (Å²) in [6, 6.07) is 5.24. The largest absolute Gasteiger partial charge is 0.324 e. The highest BCUT2D eigenvalue weighted by Gasteiger charge is 2.39. The van der Waals surface area contributed by atoms with Crippen LogP contribution in [0.1, 0.15) is 54.1 Å². The van der Waals surface area contributed by atoms with Crippen LogP contribution in [0.15, 0.2) is 18.2 Å². The first kappa shape index (κ1) is 14.9. The molecule has 116 valence electrons. The molecule has 0 aromatic heterocycles. The zero-order valence-corrected chi connectivity index (χ0v) is 13.1. The molecule has 22 heavy (non-hydrogen) atoms. The highest BCUT2D eigenvalue weighted by atomic mass is 16.2. The second-order valence-electron chi connectivity index (χ2n) is 6.33. The number of aryl methyl sites for hydroxylation is 1. The highest BCUT2D eigenvalue weighted by Crippen LogP contribution is 2.31. The monoisotopic (exact) mass is 299 g/mol. The number of carbonyl (C=O) groups is 3. The van der Waals surface area contributed by atoms with Crippen LogP contribution in [0.25, 0.3) is 0 Å². The summed E-state index contributed by atoms with van der Waals surface area (Å²) in [7, 11) is 0. The van der Waals surface area contributed by atoms with Gasteiger partial charge < -0.3 is 4.90 Å². The molecule has 4 heteroatoms. The standard InChI is InChI=1S/C18H21NO3/c1-3-12-9-17(21)15(7-8-16(12)20)19-10-14-11(2)5-4-6-13(14)18(19)22/h4-6,12,15H,3,7-10H2,1-2H3. The minimum absolute atomic E-state index is 0.0384. The molecule has 2 atom stereocenters. The van der Waals surface area contributed by atoms with Crippen molar-refractivity contribution in [2.75, 3.05) is 0 Å². The Morgan fingerprint density at radius 1 is 1.18 bits per heavy atom. The van der Waals surface area contributed by atoms with E-state index < -0.39 is 6.04 Å². The lowest BCUT2D eigenvalue weighted by atomic mass is 9.95. The summed E-state index contributed by atoms with van der Waals surface area (Å²) in [5.74, 6) is -0.0334. The molecule has 1 saturated carbocycles. The van der Waals surface area contributed by atoms with E-state index in [0.29, 0.717) is 31.4 Å². The molecule has 0 N–H and O–H groups in total. The third-order valence-corrected chi connectivity index (χ3v) is 5.04. The Balaban J connectivity index is 1.87. The van der Waals surface area contributed by atoms with Crippen molar-refractivity contribution in [2.24, 2.45) is 5.92 Å². The van der Waals surface area contributed by atoms with Gasteiger partial charge in [-0.1, -0.05) is 19.1 Å². The number of benzene rings is 1. The van der Waals surface area contributed by atoms with Gasteiger partial charge in [0, 0.05) is 30.9 Å². The van der Waals surface area contributed by atoms with Crippen LogP contribution in [0.5, 0.6) is 0 Å². The Morgan fingerprint density at radius 3 is 2.64 bits per heavy atom. The number of Topliss-reactive ketones (excluding diaryl/α,β-unsaturated/α-hetero) is 2. The molecule has 0 bridgehead atoms. The van der Waals surface area contributed by atoms with Gasteiger partial charge in [-0.2, -0.15) is 0 Å². The molecule has 4 nitrogen and oxygen atoms in total. The molecule has 1 aromatic carbocycles. The van der Waals surface area contributed by atoms with Gasteiger partial charge in [-0.3, -0.25) is 14.4 Å². The molecule has 2 aliphatic rings. The minimum atomic E-state index is -0.445. The second-order valence-corrected chi connectivity index (χ2v) is 6.33. The molecule has 1 aliphatic carbocycles. The van der Waals surface area contributed by atoms with E-state index in [4.69, 9.17) is 0 Å². The normalized spacial score (nSPS) is 25.4. The van der Waals surface area contributed by atoms with Crippen LogP contribution in [0.3, 0.4) is 0 Å². The van der Waals surface area contributed by atoms with E-state index >= 15 is 0 Å². The van der Waals surface area contributed by atoms with Crippen LogP contribution in [0.4, 0.5) is 0 Å². The molecule has 1 heterocycles. The number of amides is 1. The quantitative estimate of drug-likeness (QED) is 0.789. The molecular weight excluding hydrogens is 278 g/mol. The van der Waals surface area contributed by atoms with Crippen LogP contribution in [0.2, 0.25) is 0 Å². The summed E-state index contributed by atoms with van der Waals surface area (Å²) in [6.45, 7) is 4.42. The fourth-order valence-corrected chi connectivity index (χ4v) is 3.60. The van der Waals surface area contributed by atoms with Gasteiger partial charge in [-0.15, -0.1) is 0 Å². The zero-order chi connectivity index (χ0) is 15.9. The van der Waals surface area contributed by atoms with Gasteiger partial charge in [0.05, 0.1) is 6.04 Å². The Bertz CT molecular complexity index is 650. The number of carbonyl (C=O) groups excluding carboxylic acids is 3. The summed E-state index contributed by atoms with van der Waals surface area (Å²) in [5, 5.41) is 0. The molecule has 1 amide bonds. The van der Waals surface area contributed by atoms with Crippen molar-refractivity contribution in [1.29, 1.82) is 0 Å². The smallest absolute Gasteiger partial charge is 0.255 e. The van der Waals surface area contributed by atoms with Crippen LogP contribution in [-0.4, -0.2) is 28.4 Å². The molecule has 1 fully saturated rings. The highest BCUT2D eigenvalue weighted by molar-refractivity contribution is 6.02. The number of hydrogen-bond acceptors (Lipinski definition) is 3. The van der Waals surface area contributed by atoms with Gasteiger partial charge in [0.2, 0.25) is 0 Å². The molecule has 1 aliphatic heterocycles.